The van der Waals surface area contributed by atoms with Crippen molar-refractivity contribution in [2.24, 2.45) is 0 Å². The number of fused-ring (bicyclic) bond motifs is 1. The Labute approximate surface area is 108 Å². The van der Waals surface area contributed by atoms with Crippen LogP contribution in [0.2, 0.25) is 0 Å². The van der Waals surface area contributed by atoms with Crippen molar-refractivity contribution in [3.05, 3.63) is 65.9 Å². The van der Waals surface area contributed by atoms with Crippen LogP contribution >= 0.6 is 0 Å². The highest BCUT2D eigenvalue weighted by Crippen LogP contribution is 2.24. The van der Waals surface area contributed by atoms with E-state index in [1.165, 1.54) is 27.5 Å². The smallest absolute Gasteiger partial charge is 0.0414 e. The first kappa shape index (κ1) is 11.1. The molecule has 1 atom stereocenters. The number of rotatable bonds is 1. The molecule has 2 aromatic carbocycles. The Bertz CT molecular complexity index is 650. The minimum absolute atomic E-state index is 0.428. The lowest BCUT2D eigenvalue weighted by atomic mass is 9.99. The van der Waals surface area contributed by atoms with E-state index in [1.807, 2.05) is 0 Å². The summed E-state index contributed by atoms with van der Waals surface area (Å²) in [4.78, 5) is 0. The second kappa shape index (κ2) is 4.34. The Morgan fingerprint density at radius 2 is 1.78 bits per heavy atom. The van der Waals surface area contributed by atoms with Crippen LogP contribution < -0.4 is 5.32 Å². The molecule has 1 aliphatic rings. The molecule has 0 amide bonds. The van der Waals surface area contributed by atoms with Crippen molar-refractivity contribution in [1.29, 1.82) is 0 Å². The van der Waals surface area contributed by atoms with Crippen LogP contribution in [-0.4, -0.2) is 6.04 Å². The van der Waals surface area contributed by atoms with Crippen LogP contribution in [0.1, 0.15) is 18.1 Å². The van der Waals surface area contributed by atoms with Gasteiger partial charge in [0.1, 0.15) is 0 Å². The van der Waals surface area contributed by atoms with Crippen LogP contribution in [0, 0.1) is 6.92 Å². The van der Waals surface area contributed by atoms with E-state index in [0.29, 0.717) is 6.04 Å². The third-order valence-electron chi connectivity index (χ3n) is 3.40. The molecule has 1 heteroatoms. The molecule has 0 spiro atoms. The molecule has 0 bridgehead atoms. The number of nitrogens with one attached hydrogen (secondary N) is 1. The predicted octanol–water partition coefficient (Wildman–Crippen LogP) is 4.04. The van der Waals surface area contributed by atoms with Gasteiger partial charge in [-0.2, -0.15) is 0 Å². The lowest BCUT2D eigenvalue weighted by Gasteiger charge is -2.15. The molecule has 0 aromatic heterocycles. The van der Waals surface area contributed by atoms with Crippen molar-refractivity contribution in [2.75, 3.05) is 0 Å². The average molecular weight is 235 g/mol. The normalized spacial score (nSPS) is 18.6. The molecular weight excluding hydrogens is 218 g/mol. The number of hydrogen-bond donors (Lipinski definition) is 1. The summed E-state index contributed by atoms with van der Waals surface area (Å²) in [5.41, 5.74) is 3.82. The van der Waals surface area contributed by atoms with Crippen molar-refractivity contribution >= 4 is 16.3 Å². The number of dihydropyridines is 1. The zero-order chi connectivity index (χ0) is 12.5. The van der Waals surface area contributed by atoms with E-state index in [2.05, 4.69) is 73.9 Å². The van der Waals surface area contributed by atoms with Gasteiger partial charge < -0.3 is 5.32 Å². The highest BCUT2D eigenvalue weighted by atomic mass is 14.9. The first-order chi connectivity index (χ1) is 8.72. The molecule has 0 aliphatic carbocycles. The second-order valence-electron chi connectivity index (χ2n) is 4.98. The van der Waals surface area contributed by atoms with E-state index >= 15 is 0 Å². The molecule has 3 rings (SSSR count). The van der Waals surface area contributed by atoms with Gasteiger partial charge in [-0.05, 0) is 41.8 Å². The number of hydrogen-bond acceptors (Lipinski definition) is 1. The zero-order valence-corrected chi connectivity index (χ0v) is 10.8. The quantitative estimate of drug-likeness (QED) is 0.786. The second-order valence-corrected chi connectivity index (χ2v) is 4.98. The van der Waals surface area contributed by atoms with Gasteiger partial charge in [0, 0.05) is 12.2 Å². The molecule has 1 heterocycles. The van der Waals surface area contributed by atoms with Crippen LogP contribution in [-0.2, 0) is 0 Å². The van der Waals surface area contributed by atoms with Gasteiger partial charge in [-0.15, -0.1) is 0 Å². The first-order valence-electron chi connectivity index (χ1n) is 6.37. The summed E-state index contributed by atoms with van der Waals surface area (Å²) >= 11 is 0. The summed E-state index contributed by atoms with van der Waals surface area (Å²) in [6.45, 7) is 4.28. The van der Waals surface area contributed by atoms with Gasteiger partial charge >= 0.3 is 0 Å². The lowest BCUT2D eigenvalue weighted by molar-refractivity contribution is 0.764. The molecule has 0 fully saturated rings. The van der Waals surface area contributed by atoms with Crippen molar-refractivity contribution < 1.29 is 0 Å². The molecule has 1 aliphatic heterocycles. The van der Waals surface area contributed by atoms with Crippen LogP contribution in [0.25, 0.3) is 16.3 Å². The number of benzene rings is 2. The minimum Gasteiger partial charge on any atom is -0.384 e. The van der Waals surface area contributed by atoms with E-state index in [9.17, 15) is 0 Å². The minimum atomic E-state index is 0.428. The summed E-state index contributed by atoms with van der Waals surface area (Å²) in [6, 6.07) is 13.7. The molecule has 0 saturated heterocycles. The Morgan fingerprint density at radius 1 is 1.00 bits per heavy atom. The van der Waals surface area contributed by atoms with Gasteiger partial charge in [0.25, 0.3) is 0 Å². The molecule has 1 unspecified atom stereocenters. The SMILES string of the molecule is Cc1ccc2cc(C3=CNC(C)C=C3)ccc2c1. The molecule has 18 heavy (non-hydrogen) atoms. The van der Waals surface area contributed by atoms with Gasteiger partial charge in [-0.25, -0.2) is 0 Å². The Balaban J connectivity index is 2.04. The van der Waals surface area contributed by atoms with E-state index < -0.39 is 0 Å². The molecule has 1 nitrogen and oxygen atoms in total. The van der Waals surface area contributed by atoms with Gasteiger partial charge in [0.15, 0.2) is 0 Å². The van der Waals surface area contributed by atoms with Crippen LogP contribution in [0.3, 0.4) is 0 Å². The fraction of sp³-hybridized carbons (Fsp3) is 0.176. The van der Waals surface area contributed by atoms with Gasteiger partial charge in [-0.3, -0.25) is 0 Å². The fourth-order valence-corrected chi connectivity index (χ4v) is 2.30. The first-order valence-corrected chi connectivity index (χ1v) is 6.37. The summed E-state index contributed by atoms with van der Waals surface area (Å²) < 4.78 is 0. The van der Waals surface area contributed by atoms with Gasteiger partial charge in [-0.1, -0.05) is 48.0 Å². The maximum Gasteiger partial charge on any atom is 0.0414 e. The zero-order valence-electron chi connectivity index (χ0n) is 10.8. The molecular formula is C17H17N. The number of aryl methyl sites for hydroxylation is 1. The summed E-state index contributed by atoms with van der Waals surface area (Å²) in [5, 5.41) is 5.94. The molecule has 0 saturated carbocycles. The topological polar surface area (TPSA) is 12.0 Å². The van der Waals surface area contributed by atoms with E-state index in [1.54, 1.807) is 0 Å². The van der Waals surface area contributed by atoms with Crippen molar-refractivity contribution in [2.45, 2.75) is 19.9 Å². The highest BCUT2D eigenvalue weighted by molar-refractivity contribution is 5.88. The molecule has 2 aromatic rings. The molecule has 1 N–H and O–H groups in total. The maximum absolute atomic E-state index is 3.34. The van der Waals surface area contributed by atoms with Gasteiger partial charge in [0.2, 0.25) is 0 Å². The Morgan fingerprint density at radius 3 is 2.56 bits per heavy atom. The van der Waals surface area contributed by atoms with E-state index in [4.69, 9.17) is 0 Å². The average Bonchev–Trinajstić information content (AvgIpc) is 2.39. The summed E-state index contributed by atoms with van der Waals surface area (Å²) in [5.74, 6) is 0. The third-order valence-corrected chi connectivity index (χ3v) is 3.40. The Kier molecular flexibility index (Phi) is 2.67. The van der Waals surface area contributed by atoms with E-state index in [-0.39, 0.29) is 0 Å². The number of allylic oxidation sites excluding steroid dienone is 2. The van der Waals surface area contributed by atoms with Crippen LogP contribution in [0.4, 0.5) is 0 Å². The predicted molar refractivity (Wildman–Crippen MR) is 78.4 cm³/mol. The largest absolute Gasteiger partial charge is 0.384 e. The van der Waals surface area contributed by atoms with Crippen LogP contribution in [0.15, 0.2) is 54.8 Å². The monoisotopic (exact) mass is 235 g/mol. The van der Waals surface area contributed by atoms with Crippen molar-refractivity contribution in [1.82, 2.24) is 5.32 Å². The third kappa shape index (κ3) is 2.04. The maximum atomic E-state index is 3.34. The molecule has 0 radical (unpaired) electrons. The summed E-state index contributed by atoms with van der Waals surface area (Å²) in [7, 11) is 0. The van der Waals surface area contributed by atoms with E-state index in [0.717, 1.165) is 0 Å². The summed E-state index contributed by atoms with van der Waals surface area (Å²) in [6.07, 6.45) is 6.48. The standard InChI is InChI=1S/C17H17N/c1-12-3-5-15-10-16(8-7-14(15)9-12)17-6-4-13(2)18-11-17/h3-11,13,18H,1-2H3. The van der Waals surface area contributed by atoms with Gasteiger partial charge in [0.05, 0.1) is 0 Å². The molecule has 90 valence electrons. The van der Waals surface area contributed by atoms with Crippen molar-refractivity contribution in [3.8, 4) is 0 Å². The van der Waals surface area contributed by atoms with Crippen LogP contribution in [0.5, 0.6) is 0 Å². The fourth-order valence-electron chi connectivity index (χ4n) is 2.30. The lowest BCUT2D eigenvalue weighted by Crippen LogP contribution is -2.20. The highest BCUT2D eigenvalue weighted by Gasteiger charge is 2.05. The Hall–Kier alpha value is -2.02. The van der Waals surface area contributed by atoms with Crippen molar-refractivity contribution in [3.63, 3.8) is 0 Å².